The number of nitrogens with one attached hydrogen (secondary N) is 1. The van der Waals surface area contributed by atoms with E-state index in [0.29, 0.717) is 5.89 Å². The summed E-state index contributed by atoms with van der Waals surface area (Å²) in [6.07, 6.45) is 0. The average molecular weight is 241 g/mol. The van der Waals surface area contributed by atoms with Crippen LogP contribution in [-0.2, 0) is 10.2 Å². The molecule has 0 spiro atoms. The fourth-order valence-electron chi connectivity index (χ4n) is 1.24. The van der Waals surface area contributed by atoms with Crippen molar-refractivity contribution in [2.45, 2.75) is 46.1 Å². The predicted octanol–water partition coefficient (Wildman–Crippen LogP) is 1.89. The predicted molar refractivity (Wildman–Crippen MR) is 62.9 cm³/mol. The van der Waals surface area contributed by atoms with E-state index >= 15 is 0 Å². The van der Waals surface area contributed by atoms with Crippen molar-refractivity contribution >= 4 is 11.9 Å². The molecule has 6 nitrogen and oxygen atoms in total. The molecule has 2 N–H and O–H groups in total. The highest BCUT2D eigenvalue weighted by atomic mass is 16.5. The molecule has 1 heterocycles. The van der Waals surface area contributed by atoms with Crippen LogP contribution in [0.25, 0.3) is 0 Å². The van der Waals surface area contributed by atoms with E-state index in [0.717, 1.165) is 0 Å². The highest BCUT2D eigenvalue weighted by molar-refractivity contribution is 5.76. The molecule has 96 valence electrons. The number of carboxylic acids is 1. The fraction of sp³-hybridized carbons (Fsp3) is 0.727. The summed E-state index contributed by atoms with van der Waals surface area (Å²) in [7, 11) is 0. The van der Waals surface area contributed by atoms with Crippen molar-refractivity contribution in [3.05, 3.63) is 5.89 Å². The topological polar surface area (TPSA) is 88.3 Å². The van der Waals surface area contributed by atoms with Gasteiger partial charge >= 0.3 is 5.97 Å². The Kier molecular flexibility index (Phi) is 3.75. The maximum Gasteiger partial charge on any atom is 0.326 e. The number of rotatable bonds is 4. The van der Waals surface area contributed by atoms with Crippen LogP contribution in [0.2, 0.25) is 0 Å². The van der Waals surface area contributed by atoms with Gasteiger partial charge in [0.2, 0.25) is 5.89 Å². The van der Waals surface area contributed by atoms with Gasteiger partial charge < -0.3 is 14.9 Å². The molecule has 0 bridgehead atoms. The third-order valence-electron chi connectivity index (χ3n) is 2.28. The molecular weight excluding hydrogens is 222 g/mol. The summed E-state index contributed by atoms with van der Waals surface area (Å²) in [4.78, 5) is 15.1. The van der Waals surface area contributed by atoms with Crippen LogP contribution in [0.1, 0.15) is 40.5 Å². The lowest BCUT2D eigenvalue weighted by atomic mass is 9.97. The quantitative estimate of drug-likeness (QED) is 0.836. The van der Waals surface area contributed by atoms with Gasteiger partial charge in [0.15, 0.2) is 0 Å². The molecule has 0 aliphatic rings. The monoisotopic (exact) mass is 241 g/mol. The van der Waals surface area contributed by atoms with E-state index in [4.69, 9.17) is 9.63 Å². The van der Waals surface area contributed by atoms with Gasteiger partial charge in [-0.15, -0.1) is 0 Å². The third-order valence-corrected chi connectivity index (χ3v) is 2.28. The summed E-state index contributed by atoms with van der Waals surface area (Å²) < 4.78 is 5.07. The lowest BCUT2D eigenvalue weighted by molar-refractivity contribution is -0.138. The Balaban J connectivity index is 2.81. The van der Waals surface area contributed by atoms with Crippen LogP contribution >= 0.6 is 0 Å². The Labute approximate surface area is 100 Å². The molecule has 6 heteroatoms. The Bertz CT molecular complexity index is 393. The van der Waals surface area contributed by atoms with Gasteiger partial charge in [-0.2, -0.15) is 4.98 Å². The molecule has 1 rings (SSSR count). The number of carbonyl (C=O) groups is 1. The average Bonchev–Trinajstić information content (AvgIpc) is 2.60. The molecule has 17 heavy (non-hydrogen) atoms. The van der Waals surface area contributed by atoms with Gasteiger partial charge in [-0.05, 0) is 11.1 Å². The summed E-state index contributed by atoms with van der Waals surface area (Å²) >= 11 is 0. The van der Waals surface area contributed by atoms with E-state index in [1.807, 2.05) is 34.6 Å². The summed E-state index contributed by atoms with van der Waals surface area (Å²) in [5, 5.41) is 15.5. The highest BCUT2D eigenvalue weighted by Gasteiger charge is 2.26. The summed E-state index contributed by atoms with van der Waals surface area (Å²) in [5.41, 5.74) is -0.247. The number of carboxylic acid groups (broad SMARTS) is 1. The molecule has 0 unspecified atom stereocenters. The first-order chi connectivity index (χ1) is 7.71. The number of hydrogen-bond acceptors (Lipinski definition) is 5. The second kappa shape index (κ2) is 4.73. The Morgan fingerprint density at radius 1 is 1.41 bits per heavy atom. The Hall–Kier alpha value is -1.59. The minimum absolute atomic E-state index is 0.0657. The van der Waals surface area contributed by atoms with Crippen LogP contribution in [0.4, 0.5) is 5.95 Å². The van der Waals surface area contributed by atoms with Crippen molar-refractivity contribution < 1.29 is 14.4 Å². The van der Waals surface area contributed by atoms with E-state index in [1.54, 1.807) is 0 Å². The van der Waals surface area contributed by atoms with Crippen LogP contribution in [0.5, 0.6) is 0 Å². The van der Waals surface area contributed by atoms with Crippen molar-refractivity contribution in [2.75, 3.05) is 5.32 Å². The van der Waals surface area contributed by atoms with Gasteiger partial charge in [0.1, 0.15) is 6.04 Å². The van der Waals surface area contributed by atoms with Gasteiger partial charge in [-0.25, -0.2) is 4.79 Å². The van der Waals surface area contributed by atoms with E-state index < -0.39 is 12.0 Å². The van der Waals surface area contributed by atoms with Crippen molar-refractivity contribution in [3.8, 4) is 0 Å². The van der Waals surface area contributed by atoms with E-state index in [1.165, 1.54) is 0 Å². The normalized spacial score (nSPS) is 13.8. The maximum absolute atomic E-state index is 11.0. The first-order valence-corrected chi connectivity index (χ1v) is 5.55. The zero-order valence-corrected chi connectivity index (χ0v) is 10.8. The minimum atomic E-state index is -0.929. The van der Waals surface area contributed by atoms with Gasteiger partial charge in [-0.3, -0.25) is 0 Å². The first kappa shape index (κ1) is 13.5. The third kappa shape index (κ3) is 3.44. The fourth-order valence-corrected chi connectivity index (χ4v) is 1.24. The standard InChI is InChI=1S/C11H19N3O3/c1-6(2)7(8(15)16)12-10-13-9(17-14-10)11(3,4)5/h6-7H,1-5H3,(H,12,14)(H,15,16)/t7-/m1/s1. The Morgan fingerprint density at radius 2 is 2.00 bits per heavy atom. The molecule has 0 aromatic carbocycles. The molecule has 0 radical (unpaired) electrons. The van der Waals surface area contributed by atoms with Crippen LogP contribution in [0.15, 0.2) is 4.52 Å². The van der Waals surface area contributed by atoms with Crippen molar-refractivity contribution in [2.24, 2.45) is 5.92 Å². The first-order valence-electron chi connectivity index (χ1n) is 5.55. The van der Waals surface area contributed by atoms with Crippen molar-refractivity contribution in [1.82, 2.24) is 10.1 Å². The van der Waals surface area contributed by atoms with Gasteiger partial charge in [0.05, 0.1) is 0 Å². The molecule has 0 saturated carbocycles. The van der Waals surface area contributed by atoms with Crippen molar-refractivity contribution in [3.63, 3.8) is 0 Å². The van der Waals surface area contributed by atoms with Crippen molar-refractivity contribution in [1.29, 1.82) is 0 Å². The van der Waals surface area contributed by atoms with Gasteiger partial charge in [0.25, 0.3) is 5.95 Å². The Morgan fingerprint density at radius 3 is 2.35 bits per heavy atom. The second-order valence-electron chi connectivity index (χ2n) is 5.38. The highest BCUT2D eigenvalue weighted by Crippen LogP contribution is 2.21. The zero-order chi connectivity index (χ0) is 13.2. The molecular formula is C11H19N3O3. The summed E-state index contributed by atoms with van der Waals surface area (Å²) in [5.74, 6) is -0.296. The number of anilines is 1. The minimum Gasteiger partial charge on any atom is -0.480 e. The zero-order valence-electron chi connectivity index (χ0n) is 10.8. The number of nitrogens with zero attached hydrogens (tertiary/aromatic N) is 2. The number of aromatic nitrogens is 2. The molecule has 0 fully saturated rings. The van der Waals surface area contributed by atoms with Crippen LogP contribution in [-0.4, -0.2) is 27.3 Å². The van der Waals surface area contributed by atoms with E-state index in [2.05, 4.69) is 15.5 Å². The van der Waals surface area contributed by atoms with Crippen LogP contribution < -0.4 is 5.32 Å². The lowest BCUT2D eigenvalue weighted by Gasteiger charge is -2.16. The SMILES string of the molecule is CC(C)[C@@H](Nc1noc(C(C)(C)C)n1)C(=O)O. The molecule has 0 aliphatic heterocycles. The molecule has 1 aromatic rings. The maximum atomic E-state index is 11.0. The van der Waals surface area contributed by atoms with Crippen LogP contribution in [0.3, 0.4) is 0 Å². The molecule has 1 atom stereocenters. The molecule has 0 amide bonds. The van der Waals surface area contributed by atoms with Gasteiger partial charge in [-0.1, -0.05) is 34.6 Å². The van der Waals surface area contributed by atoms with E-state index in [-0.39, 0.29) is 17.3 Å². The molecule has 1 aromatic heterocycles. The van der Waals surface area contributed by atoms with Gasteiger partial charge in [0, 0.05) is 5.41 Å². The van der Waals surface area contributed by atoms with Crippen LogP contribution in [0, 0.1) is 5.92 Å². The number of aliphatic carboxylic acids is 1. The second-order valence-corrected chi connectivity index (χ2v) is 5.38. The molecule has 0 saturated heterocycles. The number of hydrogen-bond donors (Lipinski definition) is 2. The largest absolute Gasteiger partial charge is 0.480 e. The summed E-state index contributed by atoms with van der Waals surface area (Å²) in [6, 6.07) is -0.722. The smallest absolute Gasteiger partial charge is 0.326 e. The lowest BCUT2D eigenvalue weighted by Crippen LogP contribution is -2.34. The summed E-state index contributed by atoms with van der Waals surface area (Å²) in [6.45, 7) is 9.47. The van der Waals surface area contributed by atoms with E-state index in [9.17, 15) is 4.79 Å². The molecule has 0 aliphatic carbocycles.